The number of carboxylic acids is 1. The van der Waals surface area contributed by atoms with Crippen molar-refractivity contribution in [3.63, 3.8) is 0 Å². The molecule has 0 rings (SSSR count). The summed E-state index contributed by atoms with van der Waals surface area (Å²) in [5.74, 6) is -0.675. The molecule has 0 aromatic carbocycles. The summed E-state index contributed by atoms with van der Waals surface area (Å²) in [5.41, 5.74) is 0. The second-order valence-corrected chi connectivity index (χ2v) is 5.10. The van der Waals surface area contributed by atoms with Crippen LogP contribution >= 0.6 is 0 Å². The topological polar surface area (TPSA) is 37.3 Å². The van der Waals surface area contributed by atoms with Crippen LogP contribution < -0.4 is 0 Å². The van der Waals surface area contributed by atoms with E-state index in [-0.39, 0.29) is 0 Å². The lowest BCUT2D eigenvalue weighted by Gasteiger charge is -1.98. The maximum absolute atomic E-state index is 10.3. The summed E-state index contributed by atoms with van der Waals surface area (Å²) < 4.78 is 0. The molecule has 0 spiro atoms. The van der Waals surface area contributed by atoms with E-state index >= 15 is 0 Å². The van der Waals surface area contributed by atoms with Gasteiger partial charge in [-0.3, -0.25) is 4.79 Å². The molecule has 2 heteroatoms. The zero-order valence-electron chi connectivity index (χ0n) is 12.7. The fourth-order valence-electron chi connectivity index (χ4n) is 1.96. The minimum absolute atomic E-state index is 0.318. The van der Waals surface area contributed by atoms with Crippen molar-refractivity contribution in [2.45, 2.75) is 70.6 Å². The summed E-state index contributed by atoms with van der Waals surface area (Å²) in [5, 5.41) is 8.50. The van der Waals surface area contributed by atoms with Gasteiger partial charge in [0.1, 0.15) is 0 Å². The Balaban J connectivity index is 3.19. The van der Waals surface area contributed by atoms with Crippen molar-refractivity contribution in [3.05, 3.63) is 37.0 Å². The molecule has 114 valence electrons. The van der Waals surface area contributed by atoms with Crippen LogP contribution in [-0.2, 0) is 4.79 Å². The van der Waals surface area contributed by atoms with Gasteiger partial charge >= 0.3 is 5.97 Å². The van der Waals surface area contributed by atoms with Gasteiger partial charge in [0.05, 0.1) is 0 Å². The third kappa shape index (κ3) is 16.7. The van der Waals surface area contributed by atoms with E-state index in [1.807, 2.05) is 6.08 Å². The Hall–Kier alpha value is -1.31. The van der Waals surface area contributed by atoms with Crippen molar-refractivity contribution in [1.29, 1.82) is 0 Å². The summed E-state index contributed by atoms with van der Waals surface area (Å²) in [4.78, 5) is 10.3. The zero-order chi connectivity index (χ0) is 14.9. The number of rotatable bonds is 14. The molecule has 0 aliphatic heterocycles. The summed E-state index contributed by atoms with van der Waals surface area (Å²) >= 11 is 0. The molecule has 0 bridgehead atoms. The molecule has 0 atom stereocenters. The van der Waals surface area contributed by atoms with E-state index in [0.29, 0.717) is 6.42 Å². The minimum atomic E-state index is -0.675. The van der Waals surface area contributed by atoms with Gasteiger partial charge in [0.15, 0.2) is 0 Å². The number of carbonyl (C=O) groups is 1. The van der Waals surface area contributed by atoms with E-state index in [2.05, 4.69) is 30.9 Å². The summed E-state index contributed by atoms with van der Waals surface area (Å²) in [6, 6.07) is 0. The molecular formula is C18H30O2. The molecule has 0 aromatic rings. The number of hydrogen-bond donors (Lipinski definition) is 1. The Labute approximate surface area is 124 Å². The molecule has 0 saturated heterocycles. The molecule has 2 nitrogen and oxygen atoms in total. The standard InChI is InChI=1S/C18H30O2/c1-2-3-4-5-6-7-8-9-10-11-12-13-14-15-16-17-18(19)20/h2,6-7,9-10H,1,3-5,8,11-17H2,(H,19,20). The van der Waals surface area contributed by atoms with Crippen LogP contribution in [0.1, 0.15) is 70.6 Å². The molecule has 0 fully saturated rings. The van der Waals surface area contributed by atoms with Crippen molar-refractivity contribution >= 4 is 5.97 Å². The number of unbranched alkanes of at least 4 members (excludes halogenated alkanes) is 7. The first-order valence-electron chi connectivity index (χ1n) is 7.90. The number of carboxylic acid groups (broad SMARTS) is 1. The second-order valence-electron chi connectivity index (χ2n) is 5.10. The highest BCUT2D eigenvalue weighted by molar-refractivity contribution is 5.66. The highest BCUT2D eigenvalue weighted by atomic mass is 16.4. The van der Waals surface area contributed by atoms with Gasteiger partial charge in [-0.1, -0.05) is 49.6 Å². The van der Waals surface area contributed by atoms with E-state index in [4.69, 9.17) is 5.11 Å². The third-order valence-corrected chi connectivity index (χ3v) is 3.15. The van der Waals surface area contributed by atoms with E-state index in [1.54, 1.807) is 0 Å². The number of aliphatic carboxylic acids is 1. The van der Waals surface area contributed by atoms with E-state index in [0.717, 1.165) is 44.9 Å². The van der Waals surface area contributed by atoms with Crippen LogP contribution in [-0.4, -0.2) is 11.1 Å². The second kappa shape index (κ2) is 15.7. The highest BCUT2D eigenvalue weighted by Gasteiger charge is 1.95. The van der Waals surface area contributed by atoms with Crippen molar-refractivity contribution in [2.75, 3.05) is 0 Å². The van der Waals surface area contributed by atoms with Crippen LogP contribution in [0, 0.1) is 0 Å². The normalized spacial score (nSPS) is 11.4. The Morgan fingerprint density at radius 1 is 0.800 bits per heavy atom. The maximum atomic E-state index is 10.3. The number of hydrogen-bond acceptors (Lipinski definition) is 1. The van der Waals surface area contributed by atoms with Crippen LogP contribution in [0.2, 0.25) is 0 Å². The van der Waals surface area contributed by atoms with Gasteiger partial charge in [-0.15, -0.1) is 6.58 Å². The Bertz CT molecular complexity index is 290. The van der Waals surface area contributed by atoms with Gasteiger partial charge in [-0.05, 0) is 44.9 Å². The average Bonchev–Trinajstić information content (AvgIpc) is 2.43. The highest BCUT2D eigenvalue weighted by Crippen LogP contribution is 2.07. The van der Waals surface area contributed by atoms with Crippen molar-refractivity contribution in [3.8, 4) is 0 Å². The Morgan fingerprint density at radius 3 is 2.05 bits per heavy atom. The first-order chi connectivity index (χ1) is 9.77. The van der Waals surface area contributed by atoms with Crippen LogP contribution in [0.25, 0.3) is 0 Å². The minimum Gasteiger partial charge on any atom is -0.481 e. The smallest absolute Gasteiger partial charge is 0.303 e. The first kappa shape index (κ1) is 18.7. The quantitative estimate of drug-likeness (QED) is 0.329. The SMILES string of the molecule is C=CCCCC=CCC=CCCCCCCCC(=O)O. The third-order valence-electron chi connectivity index (χ3n) is 3.15. The molecule has 0 amide bonds. The molecule has 0 aliphatic carbocycles. The van der Waals surface area contributed by atoms with Crippen LogP contribution in [0.4, 0.5) is 0 Å². The summed E-state index contributed by atoms with van der Waals surface area (Å²) in [6.45, 7) is 3.71. The molecule has 0 heterocycles. The van der Waals surface area contributed by atoms with E-state index < -0.39 is 5.97 Å². The van der Waals surface area contributed by atoms with E-state index in [1.165, 1.54) is 19.3 Å². The van der Waals surface area contributed by atoms with Gasteiger partial charge in [0, 0.05) is 6.42 Å². The molecule has 20 heavy (non-hydrogen) atoms. The average molecular weight is 278 g/mol. The molecule has 0 unspecified atom stereocenters. The van der Waals surface area contributed by atoms with Crippen molar-refractivity contribution in [2.24, 2.45) is 0 Å². The Morgan fingerprint density at radius 2 is 1.40 bits per heavy atom. The lowest BCUT2D eigenvalue weighted by atomic mass is 10.1. The van der Waals surface area contributed by atoms with Crippen molar-refractivity contribution in [1.82, 2.24) is 0 Å². The summed E-state index contributed by atoms with van der Waals surface area (Å²) in [6.07, 6.45) is 22.3. The van der Waals surface area contributed by atoms with Crippen LogP contribution in [0.15, 0.2) is 37.0 Å². The molecular weight excluding hydrogens is 248 g/mol. The first-order valence-corrected chi connectivity index (χ1v) is 7.90. The van der Waals surface area contributed by atoms with Gasteiger partial charge < -0.3 is 5.11 Å². The summed E-state index contributed by atoms with van der Waals surface area (Å²) in [7, 11) is 0. The zero-order valence-corrected chi connectivity index (χ0v) is 12.7. The molecule has 0 aromatic heterocycles. The van der Waals surface area contributed by atoms with Gasteiger partial charge in [0.2, 0.25) is 0 Å². The monoisotopic (exact) mass is 278 g/mol. The maximum Gasteiger partial charge on any atom is 0.303 e. The van der Waals surface area contributed by atoms with E-state index in [9.17, 15) is 4.79 Å². The predicted molar refractivity (Wildman–Crippen MR) is 86.9 cm³/mol. The lowest BCUT2D eigenvalue weighted by Crippen LogP contribution is -1.93. The molecule has 0 aliphatic rings. The molecule has 0 radical (unpaired) electrons. The van der Waals surface area contributed by atoms with Gasteiger partial charge in [-0.25, -0.2) is 0 Å². The molecule has 1 N–H and O–H groups in total. The van der Waals surface area contributed by atoms with Crippen LogP contribution in [0.5, 0.6) is 0 Å². The largest absolute Gasteiger partial charge is 0.481 e. The van der Waals surface area contributed by atoms with Gasteiger partial charge in [0.25, 0.3) is 0 Å². The van der Waals surface area contributed by atoms with Crippen molar-refractivity contribution < 1.29 is 9.90 Å². The van der Waals surface area contributed by atoms with Gasteiger partial charge in [-0.2, -0.15) is 0 Å². The van der Waals surface area contributed by atoms with Crippen LogP contribution in [0.3, 0.4) is 0 Å². The fourth-order valence-corrected chi connectivity index (χ4v) is 1.96. The Kier molecular flexibility index (Phi) is 14.7. The number of allylic oxidation sites excluding steroid dienone is 5. The lowest BCUT2D eigenvalue weighted by molar-refractivity contribution is -0.137. The predicted octanol–water partition coefficient (Wildman–Crippen LogP) is 5.66. The fraction of sp³-hybridized carbons (Fsp3) is 0.611. The molecule has 0 saturated carbocycles.